The van der Waals surface area contributed by atoms with E-state index in [9.17, 15) is 4.79 Å². The van der Waals surface area contributed by atoms with E-state index in [1.807, 2.05) is 13.0 Å². The number of halogens is 2. The monoisotopic (exact) mass is 314 g/mol. The van der Waals surface area contributed by atoms with Crippen molar-refractivity contribution in [1.29, 1.82) is 0 Å². The summed E-state index contributed by atoms with van der Waals surface area (Å²) in [5, 5.41) is 4.27. The van der Waals surface area contributed by atoms with Crippen molar-refractivity contribution in [2.45, 2.75) is 25.8 Å². The quantitative estimate of drug-likeness (QED) is 0.614. The van der Waals surface area contributed by atoms with Gasteiger partial charge in [-0.3, -0.25) is 4.79 Å². The highest BCUT2D eigenvalue weighted by Gasteiger charge is 2.26. The van der Waals surface area contributed by atoms with Gasteiger partial charge in [0.25, 0.3) is 0 Å². The molecule has 1 rings (SSSR count). The second kappa shape index (κ2) is 7.67. The molecule has 0 spiro atoms. The van der Waals surface area contributed by atoms with E-state index in [2.05, 4.69) is 11.9 Å². The van der Waals surface area contributed by atoms with Crippen molar-refractivity contribution in [2.24, 2.45) is 0 Å². The summed E-state index contributed by atoms with van der Waals surface area (Å²) in [5.41, 5.74) is 0.471. The Morgan fingerprint density at radius 3 is 2.70 bits per heavy atom. The van der Waals surface area contributed by atoms with Crippen LogP contribution in [-0.2, 0) is 16.0 Å². The summed E-state index contributed by atoms with van der Waals surface area (Å²) in [6.07, 6.45) is 2.35. The van der Waals surface area contributed by atoms with E-state index in [1.165, 1.54) is 13.5 Å². The number of hydrogen-bond acceptors (Lipinski definition) is 3. The molecule has 20 heavy (non-hydrogen) atoms. The van der Waals surface area contributed by atoms with Crippen LogP contribution in [0.1, 0.15) is 19.4 Å². The predicted molar refractivity (Wildman–Crippen MR) is 82.8 cm³/mol. The standard InChI is InChI=1S/C15H18Cl2NO2/c1-4-7-18-15(3,10-20-11(2)19)9-12-5-6-13(16)14(17)8-12/h4-6,8,10,18H,1,7,9H2,2-3H3. The topological polar surface area (TPSA) is 38.3 Å². The highest BCUT2D eigenvalue weighted by molar-refractivity contribution is 6.42. The lowest BCUT2D eigenvalue weighted by atomic mass is 9.93. The maximum absolute atomic E-state index is 11.0. The Labute approximate surface area is 129 Å². The van der Waals surface area contributed by atoms with E-state index in [0.717, 1.165) is 5.56 Å². The lowest BCUT2D eigenvalue weighted by Gasteiger charge is -2.29. The zero-order valence-corrected chi connectivity index (χ0v) is 13.1. The number of esters is 1. The predicted octanol–water partition coefficient (Wildman–Crippen LogP) is 3.80. The van der Waals surface area contributed by atoms with E-state index in [0.29, 0.717) is 23.0 Å². The Hall–Kier alpha value is -1.03. The van der Waals surface area contributed by atoms with Gasteiger partial charge in [0.05, 0.1) is 15.6 Å². The van der Waals surface area contributed by atoms with Gasteiger partial charge in [0.15, 0.2) is 6.61 Å². The van der Waals surface area contributed by atoms with Gasteiger partial charge in [0.1, 0.15) is 0 Å². The van der Waals surface area contributed by atoms with Gasteiger partial charge in [-0.2, -0.15) is 0 Å². The molecule has 0 aliphatic heterocycles. The second-order valence-electron chi connectivity index (χ2n) is 4.74. The summed E-state index contributed by atoms with van der Waals surface area (Å²) < 4.78 is 5.01. The van der Waals surface area contributed by atoms with Crippen molar-refractivity contribution < 1.29 is 9.53 Å². The van der Waals surface area contributed by atoms with E-state index in [4.69, 9.17) is 27.9 Å². The molecule has 1 unspecified atom stereocenters. The Bertz CT molecular complexity index is 491. The summed E-state index contributed by atoms with van der Waals surface area (Å²) in [4.78, 5) is 11.0. The summed E-state index contributed by atoms with van der Waals surface area (Å²) in [6, 6.07) is 5.45. The fraction of sp³-hybridized carbons (Fsp3) is 0.333. The molecule has 109 valence electrons. The maximum atomic E-state index is 11.0. The van der Waals surface area contributed by atoms with Crippen LogP contribution >= 0.6 is 23.2 Å². The van der Waals surface area contributed by atoms with Gasteiger partial charge in [-0.05, 0) is 31.0 Å². The summed E-state index contributed by atoms with van der Waals surface area (Å²) in [6.45, 7) is 9.06. The number of nitrogens with one attached hydrogen (secondary N) is 1. The lowest BCUT2D eigenvalue weighted by molar-refractivity contribution is -0.138. The van der Waals surface area contributed by atoms with Crippen molar-refractivity contribution in [1.82, 2.24) is 5.32 Å². The highest BCUT2D eigenvalue weighted by atomic mass is 35.5. The summed E-state index contributed by atoms with van der Waals surface area (Å²) >= 11 is 11.9. The van der Waals surface area contributed by atoms with Crippen LogP contribution < -0.4 is 5.32 Å². The molecule has 5 heteroatoms. The van der Waals surface area contributed by atoms with Gasteiger partial charge in [0, 0.05) is 13.5 Å². The average Bonchev–Trinajstić information content (AvgIpc) is 2.39. The van der Waals surface area contributed by atoms with Crippen LogP contribution in [0.25, 0.3) is 0 Å². The molecule has 0 aromatic heterocycles. The number of hydrogen-bond donors (Lipinski definition) is 1. The van der Waals surface area contributed by atoms with Crippen LogP contribution in [0, 0.1) is 6.61 Å². The SMILES string of the molecule is C=CCNC(C)([CH]OC(C)=O)Cc1ccc(Cl)c(Cl)c1. The molecule has 0 saturated heterocycles. The largest absolute Gasteiger partial charge is 0.457 e. The second-order valence-corrected chi connectivity index (χ2v) is 5.55. The highest BCUT2D eigenvalue weighted by Crippen LogP contribution is 2.25. The maximum Gasteiger partial charge on any atom is 0.303 e. The zero-order valence-electron chi connectivity index (χ0n) is 11.6. The molecule has 0 amide bonds. The van der Waals surface area contributed by atoms with Gasteiger partial charge in [-0.15, -0.1) is 6.58 Å². The van der Waals surface area contributed by atoms with Crippen LogP contribution in [0.5, 0.6) is 0 Å². The van der Waals surface area contributed by atoms with Crippen molar-refractivity contribution >= 4 is 29.2 Å². The number of ether oxygens (including phenoxy) is 1. The van der Waals surface area contributed by atoms with Crippen molar-refractivity contribution in [3.05, 3.63) is 53.1 Å². The van der Waals surface area contributed by atoms with Crippen molar-refractivity contribution in [3.8, 4) is 0 Å². The minimum atomic E-state index is -0.517. The average molecular weight is 315 g/mol. The van der Waals surface area contributed by atoms with Crippen molar-refractivity contribution in [3.63, 3.8) is 0 Å². The van der Waals surface area contributed by atoms with Gasteiger partial charge in [-0.25, -0.2) is 0 Å². The van der Waals surface area contributed by atoms with Crippen LogP contribution in [-0.4, -0.2) is 18.1 Å². The Morgan fingerprint density at radius 1 is 1.45 bits per heavy atom. The number of carbonyl (C=O) groups excluding carboxylic acids is 1. The number of rotatable bonds is 7. The van der Waals surface area contributed by atoms with E-state index < -0.39 is 5.54 Å². The third kappa shape index (κ3) is 5.53. The smallest absolute Gasteiger partial charge is 0.303 e. The van der Waals surface area contributed by atoms with Crippen LogP contribution in [0.3, 0.4) is 0 Å². The first-order chi connectivity index (χ1) is 9.36. The van der Waals surface area contributed by atoms with Crippen LogP contribution in [0.2, 0.25) is 10.0 Å². The molecule has 0 saturated carbocycles. The third-order valence-electron chi connectivity index (χ3n) is 2.69. The summed E-state index contributed by atoms with van der Waals surface area (Å²) in [5.74, 6) is -0.356. The van der Waals surface area contributed by atoms with Gasteiger partial charge in [-0.1, -0.05) is 35.3 Å². The molecule has 3 nitrogen and oxygen atoms in total. The van der Waals surface area contributed by atoms with Crippen LogP contribution in [0.4, 0.5) is 0 Å². The normalized spacial score (nSPS) is 13.6. The van der Waals surface area contributed by atoms with Crippen LogP contribution in [0.15, 0.2) is 30.9 Å². The Kier molecular flexibility index (Phi) is 6.53. The first-order valence-corrected chi connectivity index (χ1v) is 6.93. The minimum Gasteiger partial charge on any atom is -0.457 e. The van der Waals surface area contributed by atoms with E-state index >= 15 is 0 Å². The molecule has 1 aromatic carbocycles. The molecular formula is C15H18Cl2NO2. The Morgan fingerprint density at radius 2 is 2.15 bits per heavy atom. The molecule has 0 heterocycles. The molecule has 0 aliphatic carbocycles. The molecule has 1 radical (unpaired) electrons. The van der Waals surface area contributed by atoms with Gasteiger partial charge < -0.3 is 10.1 Å². The Balaban J connectivity index is 2.83. The van der Waals surface area contributed by atoms with Crippen molar-refractivity contribution in [2.75, 3.05) is 6.54 Å². The molecule has 1 aromatic rings. The molecule has 1 N–H and O–H groups in total. The summed E-state index contributed by atoms with van der Waals surface area (Å²) in [7, 11) is 0. The number of benzene rings is 1. The molecule has 0 aliphatic rings. The lowest BCUT2D eigenvalue weighted by Crippen LogP contribution is -2.45. The van der Waals surface area contributed by atoms with Gasteiger partial charge >= 0.3 is 5.97 Å². The van der Waals surface area contributed by atoms with E-state index in [1.54, 1.807) is 18.2 Å². The number of carbonyl (C=O) groups is 1. The molecule has 1 atom stereocenters. The molecular weight excluding hydrogens is 297 g/mol. The first kappa shape index (κ1) is 17.0. The fourth-order valence-corrected chi connectivity index (χ4v) is 2.06. The molecule has 0 bridgehead atoms. The first-order valence-electron chi connectivity index (χ1n) is 6.18. The fourth-order valence-electron chi connectivity index (χ4n) is 1.74. The van der Waals surface area contributed by atoms with E-state index in [-0.39, 0.29) is 5.97 Å². The molecule has 0 fully saturated rings. The third-order valence-corrected chi connectivity index (χ3v) is 3.43. The van der Waals surface area contributed by atoms with Gasteiger partial charge in [0.2, 0.25) is 0 Å². The zero-order chi connectivity index (χ0) is 15.2. The minimum absolute atomic E-state index is 0.356.